The monoisotopic (exact) mass is 280 g/mol. The fraction of sp³-hybridized carbons (Fsp3) is 0.733. The molecule has 2 aliphatic rings. The van der Waals surface area contributed by atoms with Crippen LogP contribution in [0.5, 0.6) is 0 Å². The molecule has 0 amide bonds. The first-order valence-electron chi connectivity index (χ1n) is 7.36. The lowest BCUT2D eigenvalue weighted by molar-refractivity contribution is -0.0516. The van der Waals surface area contributed by atoms with Crippen LogP contribution in [0.1, 0.15) is 62.0 Å². The molecule has 0 spiro atoms. The van der Waals surface area contributed by atoms with Crippen LogP contribution in [-0.2, 0) is 23.2 Å². The molecule has 0 atom stereocenters. The van der Waals surface area contributed by atoms with E-state index >= 15 is 0 Å². The van der Waals surface area contributed by atoms with E-state index in [4.69, 9.17) is 21.3 Å². The van der Waals surface area contributed by atoms with Crippen LogP contribution < -0.4 is 0 Å². The Morgan fingerprint density at radius 2 is 1.74 bits per heavy atom. The predicted octanol–water partition coefficient (Wildman–Crippen LogP) is 3.81. The van der Waals surface area contributed by atoms with Gasteiger partial charge in [-0.2, -0.15) is 0 Å². The highest BCUT2D eigenvalue weighted by Gasteiger charge is 2.37. The van der Waals surface area contributed by atoms with E-state index in [2.05, 4.69) is 4.98 Å². The van der Waals surface area contributed by atoms with Crippen molar-refractivity contribution in [3.05, 3.63) is 22.2 Å². The number of rotatable bonds is 2. The van der Waals surface area contributed by atoms with E-state index in [1.54, 1.807) is 7.11 Å². The Bertz CT molecular complexity index is 469. The van der Waals surface area contributed by atoms with E-state index in [0.29, 0.717) is 5.15 Å². The Hall–Kier alpha value is -0.670. The minimum Gasteiger partial charge on any atom is -0.370 e. The Kier molecular flexibility index (Phi) is 3.77. The summed E-state index contributed by atoms with van der Waals surface area (Å²) in [4.78, 5) is 9.40. The van der Waals surface area contributed by atoms with E-state index in [1.165, 1.54) is 37.7 Å². The van der Waals surface area contributed by atoms with Crippen molar-refractivity contribution < 1.29 is 4.74 Å². The Labute approximate surface area is 119 Å². The number of nitrogens with zero attached hydrogens (tertiary/aromatic N) is 2. The minimum absolute atomic E-state index is 0.297. The summed E-state index contributed by atoms with van der Waals surface area (Å²) in [6, 6.07) is 0. The summed E-state index contributed by atoms with van der Waals surface area (Å²) in [7, 11) is 1.78. The molecule has 1 aromatic heterocycles. The average Bonchev–Trinajstić information content (AvgIpc) is 2.48. The van der Waals surface area contributed by atoms with E-state index in [0.717, 1.165) is 37.2 Å². The maximum atomic E-state index is 6.38. The summed E-state index contributed by atoms with van der Waals surface area (Å²) in [5.41, 5.74) is 2.02. The molecule has 2 aliphatic carbocycles. The zero-order valence-corrected chi connectivity index (χ0v) is 12.3. The van der Waals surface area contributed by atoms with Crippen LogP contribution in [0, 0.1) is 0 Å². The second kappa shape index (κ2) is 5.37. The molecular weight excluding hydrogens is 260 g/mol. The lowest BCUT2D eigenvalue weighted by Crippen LogP contribution is -2.34. The predicted molar refractivity (Wildman–Crippen MR) is 75.5 cm³/mol. The minimum atomic E-state index is -0.297. The van der Waals surface area contributed by atoms with Gasteiger partial charge in [0.15, 0.2) is 5.82 Å². The zero-order valence-electron chi connectivity index (χ0n) is 11.5. The molecular formula is C15H21ClN2O. The third-order valence-electron chi connectivity index (χ3n) is 4.59. The van der Waals surface area contributed by atoms with Crippen molar-refractivity contribution in [2.45, 2.75) is 63.4 Å². The average molecular weight is 281 g/mol. The smallest absolute Gasteiger partial charge is 0.162 e. The Morgan fingerprint density at radius 3 is 2.47 bits per heavy atom. The lowest BCUT2D eigenvalue weighted by Gasteiger charge is -2.35. The van der Waals surface area contributed by atoms with Gasteiger partial charge >= 0.3 is 0 Å². The van der Waals surface area contributed by atoms with Crippen LogP contribution in [0.4, 0.5) is 0 Å². The van der Waals surface area contributed by atoms with Gasteiger partial charge in [0.25, 0.3) is 0 Å². The van der Waals surface area contributed by atoms with Gasteiger partial charge in [-0.15, -0.1) is 0 Å². The van der Waals surface area contributed by atoms with Crippen molar-refractivity contribution in [2.24, 2.45) is 0 Å². The summed E-state index contributed by atoms with van der Waals surface area (Å²) in [6.07, 6.45) is 10.1. The van der Waals surface area contributed by atoms with Crippen molar-refractivity contribution in [3.63, 3.8) is 0 Å². The van der Waals surface area contributed by atoms with E-state index < -0.39 is 0 Å². The maximum Gasteiger partial charge on any atom is 0.162 e. The van der Waals surface area contributed by atoms with Crippen molar-refractivity contribution in [1.82, 2.24) is 9.97 Å². The third-order valence-corrected chi connectivity index (χ3v) is 4.90. The Morgan fingerprint density at radius 1 is 1.00 bits per heavy atom. The second-order valence-corrected chi connectivity index (χ2v) is 6.09. The molecule has 104 valence electrons. The molecule has 1 fully saturated rings. The molecule has 4 heteroatoms. The van der Waals surface area contributed by atoms with Gasteiger partial charge in [0.1, 0.15) is 10.8 Å². The van der Waals surface area contributed by atoms with Crippen LogP contribution >= 0.6 is 11.6 Å². The van der Waals surface area contributed by atoms with Crippen molar-refractivity contribution in [2.75, 3.05) is 7.11 Å². The lowest BCUT2D eigenvalue weighted by atomic mass is 9.83. The van der Waals surface area contributed by atoms with Crippen LogP contribution in [0.3, 0.4) is 0 Å². The van der Waals surface area contributed by atoms with Gasteiger partial charge in [-0.3, -0.25) is 0 Å². The summed E-state index contributed by atoms with van der Waals surface area (Å²) < 4.78 is 5.83. The SMILES string of the molecule is COC1(c2nc(Cl)c3c(n2)CCCC3)CCCCC1. The van der Waals surface area contributed by atoms with Gasteiger partial charge in [-0.25, -0.2) is 9.97 Å². The first-order chi connectivity index (χ1) is 9.25. The molecule has 0 N–H and O–H groups in total. The molecule has 0 saturated heterocycles. The summed E-state index contributed by atoms with van der Waals surface area (Å²) in [5.74, 6) is 0.820. The van der Waals surface area contributed by atoms with Crippen molar-refractivity contribution >= 4 is 11.6 Å². The van der Waals surface area contributed by atoms with Crippen LogP contribution in [0.15, 0.2) is 0 Å². The number of methoxy groups -OCH3 is 1. The van der Waals surface area contributed by atoms with Gasteiger partial charge in [0.2, 0.25) is 0 Å². The standard InChI is InChI=1S/C15H21ClN2O/c1-19-15(9-5-2-6-10-15)14-17-12-8-4-3-7-11(12)13(16)18-14/h2-10H2,1H3. The molecule has 0 aliphatic heterocycles. The normalized spacial score (nSPS) is 22.0. The highest BCUT2D eigenvalue weighted by molar-refractivity contribution is 6.30. The molecule has 1 saturated carbocycles. The van der Waals surface area contributed by atoms with Crippen LogP contribution in [0.25, 0.3) is 0 Å². The first kappa shape index (κ1) is 13.3. The zero-order chi connectivity index (χ0) is 13.3. The highest BCUT2D eigenvalue weighted by atomic mass is 35.5. The molecule has 0 radical (unpaired) electrons. The second-order valence-electron chi connectivity index (χ2n) is 5.73. The number of halogens is 1. The Balaban J connectivity index is 2.02. The largest absolute Gasteiger partial charge is 0.370 e. The molecule has 0 unspecified atom stereocenters. The summed E-state index contributed by atoms with van der Waals surface area (Å²) in [5, 5.41) is 0.654. The number of ether oxygens (including phenoxy) is 1. The summed E-state index contributed by atoms with van der Waals surface area (Å²) >= 11 is 6.38. The molecule has 0 bridgehead atoms. The van der Waals surface area contributed by atoms with Gasteiger partial charge in [-0.05, 0) is 38.5 Å². The number of aromatic nitrogens is 2. The van der Waals surface area contributed by atoms with Crippen LogP contribution in [-0.4, -0.2) is 17.1 Å². The number of hydrogen-bond acceptors (Lipinski definition) is 3. The van der Waals surface area contributed by atoms with Gasteiger partial charge in [0.05, 0.1) is 0 Å². The molecule has 19 heavy (non-hydrogen) atoms. The fourth-order valence-corrected chi connectivity index (χ4v) is 3.68. The fourth-order valence-electron chi connectivity index (χ4n) is 3.39. The first-order valence-corrected chi connectivity index (χ1v) is 7.74. The van der Waals surface area contributed by atoms with E-state index in [9.17, 15) is 0 Å². The maximum absolute atomic E-state index is 6.38. The highest BCUT2D eigenvalue weighted by Crippen LogP contribution is 2.39. The molecule has 3 rings (SSSR count). The van der Waals surface area contributed by atoms with E-state index in [-0.39, 0.29) is 5.60 Å². The number of aryl methyl sites for hydroxylation is 1. The van der Waals surface area contributed by atoms with Gasteiger partial charge in [0, 0.05) is 18.4 Å². The van der Waals surface area contributed by atoms with E-state index in [1.807, 2.05) is 0 Å². The molecule has 3 nitrogen and oxygen atoms in total. The van der Waals surface area contributed by atoms with Gasteiger partial charge in [-0.1, -0.05) is 30.9 Å². The van der Waals surface area contributed by atoms with Gasteiger partial charge < -0.3 is 4.74 Å². The quantitative estimate of drug-likeness (QED) is 0.773. The number of fused-ring (bicyclic) bond motifs is 1. The summed E-state index contributed by atoms with van der Waals surface area (Å²) in [6.45, 7) is 0. The third kappa shape index (κ3) is 2.38. The molecule has 0 aromatic carbocycles. The molecule has 1 heterocycles. The van der Waals surface area contributed by atoms with Crippen molar-refractivity contribution in [1.29, 1.82) is 0 Å². The van der Waals surface area contributed by atoms with Crippen molar-refractivity contribution in [3.8, 4) is 0 Å². The molecule has 1 aromatic rings. The topological polar surface area (TPSA) is 35.0 Å². The van der Waals surface area contributed by atoms with Crippen LogP contribution in [0.2, 0.25) is 5.15 Å². The number of hydrogen-bond donors (Lipinski definition) is 0.